The molecule has 0 aliphatic heterocycles. The topological polar surface area (TPSA) is 104 Å². The van der Waals surface area contributed by atoms with Gasteiger partial charge in [0.15, 0.2) is 11.4 Å². The van der Waals surface area contributed by atoms with E-state index in [1.165, 1.54) is 18.8 Å². The van der Waals surface area contributed by atoms with Crippen molar-refractivity contribution in [3.63, 3.8) is 0 Å². The summed E-state index contributed by atoms with van der Waals surface area (Å²) in [6, 6.07) is 0. The van der Waals surface area contributed by atoms with Gasteiger partial charge in [-0.25, -0.2) is 9.59 Å². The number of nitrogens with zero attached hydrogens (tertiary/aromatic N) is 1. The first-order chi connectivity index (χ1) is 9.87. The molecule has 0 aliphatic carbocycles. The molecule has 0 fully saturated rings. The highest BCUT2D eigenvalue weighted by Crippen LogP contribution is 2.17. The zero-order valence-electron chi connectivity index (χ0n) is 12.2. The SMILES string of the molecule is COC(=O)c1c(OC)c(=O)c(C(=O)O)cn1CC(C)OC. The lowest BCUT2D eigenvalue weighted by Crippen LogP contribution is -2.28. The smallest absolute Gasteiger partial charge is 0.358 e. The van der Waals surface area contributed by atoms with Crippen molar-refractivity contribution in [1.29, 1.82) is 0 Å². The second-order valence-electron chi connectivity index (χ2n) is 4.25. The summed E-state index contributed by atoms with van der Waals surface area (Å²) in [6.07, 6.45) is 0.761. The summed E-state index contributed by atoms with van der Waals surface area (Å²) in [5, 5.41) is 9.07. The van der Waals surface area contributed by atoms with Crippen LogP contribution in [0, 0.1) is 0 Å². The van der Waals surface area contributed by atoms with E-state index in [0.29, 0.717) is 0 Å². The van der Waals surface area contributed by atoms with Gasteiger partial charge in [-0.15, -0.1) is 0 Å². The molecule has 1 heterocycles. The maximum Gasteiger partial charge on any atom is 0.358 e. The molecule has 0 amide bonds. The minimum absolute atomic E-state index is 0.151. The molecule has 0 aliphatic rings. The molecule has 21 heavy (non-hydrogen) atoms. The van der Waals surface area contributed by atoms with Crippen LogP contribution in [-0.2, 0) is 16.0 Å². The van der Waals surface area contributed by atoms with Gasteiger partial charge in [0.1, 0.15) is 5.56 Å². The van der Waals surface area contributed by atoms with Gasteiger partial charge in [0.2, 0.25) is 5.43 Å². The van der Waals surface area contributed by atoms with E-state index in [1.807, 2.05) is 0 Å². The Balaban J connectivity index is 3.64. The molecule has 0 aromatic carbocycles. The van der Waals surface area contributed by atoms with Gasteiger partial charge in [0.25, 0.3) is 0 Å². The summed E-state index contributed by atoms with van der Waals surface area (Å²) < 4.78 is 15.9. The average Bonchev–Trinajstić information content (AvgIpc) is 2.46. The zero-order chi connectivity index (χ0) is 16.2. The van der Waals surface area contributed by atoms with Gasteiger partial charge < -0.3 is 23.9 Å². The highest BCUT2D eigenvalue weighted by atomic mass is 16.5. The quantitative estimate of drug-likeness (QED) is 0.757. The van der Waals surface area contributed by atoms with Crippen LogP contribution >= 0.6 is 0 Å². The van der Waals surface area contributed by atoms with Crippen LogP contribution in [0.5, 0.6) is 5.75 Å². The van der Waals surface area contributed by atoms with E-state index in [0.717, 1.165) is 13.3 Å². The number of aromatic carboxylic acids is 1. The molecule has 1 aromatic rings. The molecule has 1 unspecified atom stereocenters. The van der Waals surface area contributed by atoms with Crippen molar-refractivity contribution in [2.24, 2.45) is 0 Å². The maximum atomic E-state index is 12.0. The van der Waals surface area contributed by atoms with Crippen LogP contribution < -0.4 is 10.2 Å². The molecule has 1 aromatic heterocycles. The number of rotatable bonds is 6. The van der Waals surface area contributed by atoms with Crippen LogP contribution in [0.2, 0.25) is 0 Å². The number of esters is 1. The summed E-state index contributed by atoms with van der Waals surface area (Å²) >= 11 is 0. The molecular weight excluding hydrogens is 282 g/mol. The first-order valence-corrected chi connectivity index (χ1v) is 6.03. The second kappa shape index (κ2) is 6.89. The summed E-state index contributed by atoms with van der Waals surface area (Å²) in [5.41, 5.74) is -1.53. The molecule has 1 rings (SSSR count). The van der Waals surface area contributed by atoms with Crippen molar-refractivity contribution < 1.29 is 28.9 Å². The number of carboxylic acids is 1. The first kappa shape index (κ1) is 16.7. The van der Waals surface area contributed by atoms with E-state index < -0.39 is 22.9 Å². The molecule has 0 bridgehead atoms. The molecular formula is C13H17NO7. The summed E-state index contributed by atoms with van der Waals surface area (Å²) in [5.74, 6) is -2.58. The Labute approximate surface area is 120 Å². The zero-order valence-corrected chi connectivity index (χ0v) is 12.2. The third-order valence-corrected chi connectivity index (χ3v) is 2.91. The highest BCUT2D eigenvalue weighted by Gasteiger charge is 2.26. The monoisotopic (exact) mass is 299 g/mol. The predicted octanol–water partition coefficient (Wildman–Crippen LogP) is 0.377. The lowest BCUT2D eigenvalue weighted by Gasteiger charge is -2.18. The third kappa shape index (κ3) is 3.40. The number of carbonyl (C=O) groups is 2. The first-order valence-electron chi connectivity index (χ1n) is 6.03. The maximum absolute atomic E-state index is 12.0. The van der Waals surface area contributed by atoms with E-state index in [-0.39, 0.29) is 24.1 Å². The number of carbonyl (C=O) groups excluding carboxylic acids is 1. The van der Waals surface area contributed by atoms with Crippen LogP contribution in [-0.4, -0.2) is 49.0 Å². The Morgan fingerprint density at radius 1 is 1.33 bits per heavy atom. The highest BCUT2D eigenvalue weighted by molar-refractivity contribution is 5.93. The molecule has 0 spiro atoms. The van der Waals surface area contributed by atoms with Gasteiger partial charge in [0, 0.05) is 19.9 Å². The van der Waals surface area contributed by atoms with Crippen LogP contribution in [0.25, 0.3) is 0 Å². The standard InChI is InChI=1S/C13H17NO7/c1-7(19-2)5-14-6-8(12(16)17)10(15)11(20-3)9(14)13(18)21-4/h6-7H,5H2,1-4H3,(H,16,17). The van der Waals surface area contributed by atoms with Gasteiger partial charge in [-0.2, -0.15) is 0 Å². The van der Waals surface area contributed by atoms with E-state index in [2.05, 4.69) is 4.74 Å². The second-order valence-corrected chi connectivity index (χ2v) is 4.25. The van der Waals surface area contributed by atoms with Crippen molar-refractivity contribution in [3.05, 3.63) is 27.7 Å². The van der Waals surface area contributed by atoms with Crippen molar-refractivity contribution >= 4 is 11.9 Å². The van der Waals surface area contributed by atoms with Gasteiger partial charge in [0.05, 0.1) is 20.3 Å². The Bertz CT molecular complexity index is 605. The normalized spacial score (nSPS) is 11.8. The fraction of sp³-hybridized carbons (Fsp3) is 0.462. The minimum Gasteiger partial charge on any atom is -0.491 e. The molecule has 8 nitrogen and oxygen atoms in total. The number of methoxy groups -OCH3 is 3. The fourth-order valence-electron chi connectivity index (χ4n) is 1.78. The predicted molar refractivity (Wildman–Crippen MR) is 72.0 cm³/mol. The number of hydrogen-bond donors (Lipinski definition) is 1. The largest absolute Gasteiger partial charge is 0.491 e. The fourth-order valence-corrected chi connectivity index (χ4v) is 1.78. The summed E-state index contributed by atoms with van der Waals surface area (Å²) in [6.45, 7) is 1.88. The Hall–Kier alpha value is -2.35. The molecule has 1 atom stereocenters. The number of pyridine rings is 1. The molecule has 0 radical (unpaired) electrons. The molecule has 8 heteroatoms. The van der Waals surface area contributed by atoms with Crippen LogP contribution in [0.15, 0.2) is 11.0 Å². The lowest BCUT2D eigenvalue weighted by atomic mass is 10.2. The Morgan fingerprint density at radius 3 is 2.38 bits per heavy atom. The van der Waals surface area contributed by atoms with E-state index >= 15 is 0 Å². The van der Waals surface area contributed by atoms with Gasteiger partial charge in [-0.3, -0.25) is 4.79 Å². The molecule has 116 valence electrons. The summed E-state index contributed by atoms with van der Waals surface area (Å²) in [4.78, 5) is 35.0. The number of carboxylic acid groups (broad SMARTS) is 1. The number of ether oxygens (including phenoxy) is 3. The van der Waals surface area contributed by atoms with Gasteiger partial charge in [-0.1, -0.05) is 0 Å². The molecule has 1 N–H and O–H groups in total. The Kier molecular flexibility index (Phi) is 5.48. The lowest BCUT2D eigenvalue weighted by molar-refractivity contribution is 0.0566. The average molecular weight is 299 g/mol. The van der Waals surface area contributed by atoms with Gasteiger partial charge in [-0.05, 0) is 6.92 Å². The van der Waals surface area contributed by atoms with Crippen molar-refractivity contribution in [2.45, 2.75) is 19.6 Å². The van der Waals surface area contributed by atoms with Crippen LogP contribution in [0.3, 0.4) is 0 Å². The van der Waals surface area contributed by atoms with Crippen LogP contribution in [0.1, 0.15) is 27.8 Å². The van der Waals surface area contributed by atoms with Crippen molar-refractivity contribution in [3.8, 4) is 5.75 Å². The number of hydrogen-bond acceptors (Lipinski definition) is 6. The summed E-state index contributed by atoms with van der Waals surface area (Å²) in [7, 11) is 3.81. The van der Waals surface area contributed by atoms with E-state index in [9.17, 15) is 14.4 Å². The van der Waals surface area contributed by atoms with Crippen molar-refractivity contribution in [2.75, 3.05) is 21.3 Å². The molecule has 0 saturated carbocycles. The van der Waals surface area contributed by atoms with Gasteiger partial charge >= 0.3 is 11.9 Å². The molecule has 0 saturated heterocycles. The number of aromatic nitrogens is 1. The minimum atomic E-state index is -1.41. The van der Waals surface area contributed by atoms with E-state index in [4.69, 9.17) is 14.6 Å². The Morgan fingerprint density at radius 2 is 1.95 bits per heavy atom. The van der Waals surface area contributed by atoms with E-state index in [1.54, 1.807) is 6.92 Å². The van der Waals surface area contributed by atoms with Crippen molar-refractivity contribution in [1.82, 2.24) is 4.57 Å². The third-order valence-electron chi connectivity index (χ3n) is 2.91. The van der Waals surface area contributed by atoms with Crippen LogP contribution in [0.4, 0.5) is 0 Å².